The highest BCUT2D eigenvalue weighted by Crippen LogP contribution is 2.41. The van der Waals surface area contributed by atoms with E-state index in [2.05, 4.69) is 0 Å². The standard InChI is InChI=1S/C20H28N2O4.C2H6/c1-13-15-12-21(19(24)26-20(2,3)4)11-14(15)10-16(18(13)25-5)22-9-7-6-8-17(22)23;1-2/h10H,6-9,11-12H2,1-5H3;1-2H3. The van der Waals surface area contributed by atoms with Gasteiger partial charge < -0.3 is 14.4 Å². The van der Waals surface area contributed by atoms with Gasteiger partial charge in [0.2, 0.25) is 5.91 Å². The number of carbonyl (C=O) groups excluding carboxylic acids is 2. The molecule has 0 N–H and O–H groups in total. The Morgan fingerprint density at radius 2 is 1.82 bits per heavy atom. The fourth-order valence-electron chi connectivity index (χ4n) is 3.68. The van der Waals surface area contributed by atoms with Crippen LogP contribution in [-0.2, 0) is 22.6 Å². The molecule has 2 aliphatic heterocycles. The number of methoxy groups -OCH3 is 1. The van der Waals surface area contributed by atoms with Crippen LogP contribution >= 0.6 is 0 Å². The van der Waals surface area contributed by atoms with Crippen LogP contribution in [0.5, 0.6) is 5.75 Å². The summed E-state index contributed by atoms with van der Waals surface area (Å²) in [4.78, 5) is 28.4. The first-order valence-electron chi connectivity index (χ1n) is 10.2. The molecule has 0 radical (unpaired) electrons. The first kappa shape index (κ1) is 22.1. The Bertz CT molecular complexity index is 737. The number of hydrogen-bond donors (Lipinski definition) is 0. The molecule has 2 amide bonds. The first-order chi connectivity index (χ1) is 13.2. The van der Waals surface area contributed by atoms with Gasteiger partial charge in [0.05, 0.1) is 19.3 Å². The van der Waals surface area contributed by atoms with Gasteiger partial charge in [-0.25, -0.2) is 4.79 Å². The third kappa shape index (κ3) is 4.59. The number of benzene rings is 1. The molecule has 2 heterocycles. The van der Waals surface area contributed by atoms with Gasteiger partial charge in [0.15, 0.2) is 0 Å². The quantitative estimate of drug-likeness (QED) is 0.728. The average Bonchev–Trinajstić information content (AvgIpc) is 3.07. The summed E-state index contributed by atoms with van der Waals surface area (Å²) < 4.78 is 11.2. The maximum Gasteiger partial charge on any atom is 0.410 e. The summed E-state index contributed by atoms with van der Waals surface area (Å²) in [5.41, 5.74) is 3.43. The normalized spacial score (nSPS) is 16.3. The minimum absolute atomic E-state index is 0.135. The Balaban J connectivity index is 0.00000136. The maximum atomic E-state index is 12.4. The summed E-state index contributed by atoms with van der Waals surface area (Å²) in [5, 5.41) is 0. The molecule has 28 heavy (non-hydrogen) atoms. The van der Waals surface area contributed by atoms with Crippen LogP contribution < -0.4 is 9.64 Å². The minimum atomic E-state index is -0.524. The molecule has 6 nitrogen and oxygen atoms in total. The number of carbonyl (C=O) groups is 2. The van der Waals surface area contributed by atoms with Crippen molar-refractivity contribution in [1.82, 2.24) is 4.90 Å². The second-order valence-electron chi connectivity index (χ2n) is 8.03. The van der Waals surface area contributed by atoms with Crippen molar-refractivity contribution in [3.63, 3.8) is 0 Å². The minimum Gasteiger partial charge on any atom is -0.494 e. The molecule has 3 rings (SSSR count). The van der Waals surface area contributed by atoms with Gasteiger partial charge >= 0.3 is 6.09 Å². The largest absolute Gasteiger partial charge is 0.494 e. The van der Waals surface area contributed by atoms with Crippen molar-refractivity contribution >= 4 is 17.7 Å². The number of rotatable bonds is 2. The van der Waals surface area contributed by atoms with Crippen molar-refractivity contribution in [2.75, 3.05) is 18.6 Å². The lowest BCUT2D eigenvalue weighted by atomic mass is 10.00. The van der Waals surface area contributed by atoms with Crippen molar-refractivity contribution in [3.8, 4) is 5.75 Å². The summed E-state index contributed by atoms with van der Waals surface area (Å²) in [6, 6.07) is 2.01. The monoisotopic (exact) mass is 390 g/mol. The molecule has 6 heteroatoms. The van der Waals surface area contributed by atoms with Crippen molar-refractivity contribution in [2.24, 2.45) is 0 Å². The molecule has 2 aliphatic rings. The van der Waals surface area contributed by atoms with E-state index in [1.54, 1.807) is 12.0 Å². The molecule has 1 aromatic carbocycles. The zero-order valence-electron chi connectivity index (χ0n) is 18.3. The Morgan fingerprint density at radius 3 is 2.39 bits per heavy atom. The van der Waals surface area contributed by atoms with Crippen molar-refractivity contribution in [3.05, 3.63) is 22.8 Å². The third-order valence-corrected chi connectivity index (χ3v) is 4.90. The molecule has 0 spiro atoms. The Hall–Kier alpha value is -2.24. The van der Waals surface area contributed by atoms with Crippen LogP contribution in [-0.4, -0.2) is 36.2 Å². The first-order valence-corrected chi connectivity index (χ1v) is 10.2. The van der Waals surface area contributed by atoms with Crippen molar-refractivity contribution in [2.45, 2.75) is 79.5 Å². The van der Waals surface area contributed by atoms with E-state index in [-0.39, 0.29) is 12.0 Å². The van der Waals surface area contributed by atoms with E-state index in [1.807, 2.05) is 52.5 Å². The summed E-state index contributed by atoms with van der Waals surface area (Å²) in [6.07, 6.45) is 2.19. The number of hydrogen-bond acceptors (Lipinski definition) is 4. The second kappa shape index (κ2) is 8.84. The molecule has 0 saturated carbocycles. The highest BCUT2D eigenvalue weighted by atomic mass is 16.6. The van der Waals surface area contributed by atoms with E-state index in [0.29, 0.717) is 26.1 Å². The van der Waals surface area contributed by atoms with Gasteiger partial charge in [0.25, 0.3) is 0 Å². The Kier molecular flexibility index (Phi) is 6.96. The lowest BCUT2D eigenvalue weighted by molar-refractivity contribution is -0.119. The summed E-state index contributed by atoms with van der Waals surface area (Å²) in [5.74, 6) is 0.862. The average molecular weight is 391 g/mol. The highest BCUT2D eigenvalue weighted by molar-refractivity contribution is 5.96. The molecule has 0 aliphatic carbocycles. The molecule has 156 valence electrons. The van der Waals surface area contributed by atoms with Gasteiger partial charge in [-0.2, -0.15) is 0 Å². The van der Waals surface area contributed by atoms with E-state index in [0.717, 1.165) is 41.0 Å². The molecular weight excluding hydrogens is 356 g/mol. The number of piperidine rings is 1. The number of anilines is 1. The zero-order valence-corrected chi connectivity index (χ0v) is 18.3. The van der Waals surface area contributed by atoms with Gasteiger partial charge in [-0.1, -0.05) is 13.8 Å². The summed E-state index contributed by atoms with van der Waals surface area (Å²) >= 11 is 0. The van der Waals surface area contributed by atoms with E-state index >= 15 is 0 Å². The van der Waals surface area contributed by atoms with Crippen LogP contribution in [0.2, 0.25) is 0 Å². The van der Waals surface area contributed by atoms with Gasteiger partial charge in [-0.05, 0) is 63.3 Å². The molecule has 0 unspecified atom stereocenters. The zero-order chi connectivity index (χ0) is 21.1. The van der Waals surface area contributed by atoms with Crippen LogP contribution in [0.4, 0.5) is 10.5 Å². The van der Waals surface area contributed by atoms with Gasteiger partial charge in [0.1, 0.15) is 11.4 Å². The molecule has 1 saturated heterocycles. The predicted molar refractivity (Wildman–Crippen MR) is 111 cm³/mol. The Labute approximate surface area is 168 Å². The Morgan fingerprint density at radius 1 is 1.14 bits per heavy atom. The van der Waals surface area contributed by atoms with E-state index in [1.165, 1.54) is 0 Å². The van der Waals surface area contributed by atoms with Gasteiger partial charge in [-0.15, -0.1) is 0 Å². The molecule has 1 fully saturated rings. The number of nitrogens with zero attached hydrogens (tertiary/aromatic N) is 2. The number of amides is 2. The number of ether oxygens (including phenoxy) is 2. The van der Waals surface area contributed by atoms with Crippen LogP contribution in [0.3, 0.4) is 0 Å². The van der Waals surface area contributed by atoms with E-state index in [9.17, 15) is 9.59 Å². The van der Waals surface area contributed by atoms with Crippen molar-refractivity contribution in [1.29, 1.82) is 0 Å². The SMILES string of the molecule is CC.COc1c(N2CCCCC2=O)cc2c(c1C)CN(C(=O)OC(C)(C)C)C2. The highest BCUT2D eigenvalue weighted by Gasteiger charge is 2.32. The maximum absolute atomic E-state index is 12.4. The smallest absolute Gasteiger partial charge is 0.410 e. The van der Waals surface area contributed by atoms with Crippen LogP contribution in [0.25, 0.3) is 0 Å². The van der Waals surface area contributed by atoms with E-state index < -0.39 is 5.60 Å². The fourth-order valence-corrected chi connectivity index (χ4v) is 3.68. The molecular formula is C22H34N2O4. The lowest BCUT2D eigenvalue weighted by Gasteiger charge is -2.29. The predicted octanol–water partition coefficient (Wildman–Crippen LogP) is 4.80. The van der Waals surface area contributed by atoms with Gasteiger partial charge in [-0.3, -0.25) is 9.69 Å². The van der Waals surface area contributed by atoms with Crippen LogP contribution in [0, 0.1) is 6.92 Å². The van der Waals surface area contributed by atoms with Crippen LogP contribution in [0.1, 0.15) is 70.6 Å². The van der Waals surface area contributed by atoms with E-state index in [4.69, 9.17) is 9.47 Å². The lowest BCUT2D eigenvalue weighted by Crippen LogP contribution is -2.35. The second-order valence-corrected chi connectivity index (χ2v) is 8.03. The fraction of sp³-hybridized carbons (Fsp3) is 0.636. The topological polar surface area (TPSA) is 59.1 Å². The summed E-state index contributed by atoms with van der Waals surface area (Å²) in [7, 11) is 1.63. The van der Waals surface area contributed by atoms with Gasteiger partial charge in [0, 0.05) is 19.5 Å². The third-order valence-electron chi connectivity index (χ3n) is 4.90. The van der Waals surface area contributed by atoms with Crippen molar-refractivity contribution < 1.29 is 19.1 Å². The summed E-state index contributed by atoms with van der Waals surface area (Å²) in [6.45, 7) is 13.3. The molecule has 0 aromatic heterocycles. The van der Waals surface area contributed by atoms with Crippen LogP contribution in [0.15, 0.2) is 6.07 Å². The molecule has 0 atom stereocenters. The number of fused-ring (bicyclic) bond motifs is 1. The molecule has 1 aromatic rings. The molecule has 0 bridgehead atoms.